The number of aliphatic imine (C=N–C) groups is 1. The van der Waals surface area contributed by atoms with Gasteiger partial charge in [0.05, 0.1) is 6.54 Å². The number of halogens is 1. The number of guanidine groups is 1. The van der Waals surface area contributed by atoms with Gasteiger partial charge in [-0.2, -0.15) is 0 Å². The molecule has 1 fully saturated rings. The zero-order valence-electron chi connectivity index (χ0n) is 13.5. The number of benzene rings is 1. The molecule has 0 aliphatic carbocycles. The number of hydrogen-bond acceptors (Lipinski definition) is 2. The highest BCUT2D eigenvalue weighted by atomic mass is 127. The van der Waals surface area contributed by atoms with Crippen molar-refractivity contribution in [2.45, 2.75) is 32.9 Å². The lowest BCUT2D eigenvalue weighted by atomic mass is 10.1. The van der Waals surface area contributed by atoms with E-state index in [1.165, 1.54) is 0 Å². The number of nitrogens with one attached hydrogen (secondary N) is 1. The van der Waals surface area contributed by atoms with Gasteiger partial charge in [0.25, 0.3) is 0 Å². The van der Waals surface area contributed by atoms with Crippen LogP contribution in [-0.4, -0.2) is 29.9 Å². The highest BCUT2D eigenvalue weighted by Crippen LogP contribution is 2.17. The minimum atomic E-state index is 0. The Hall–Kier alpha value is -1.57. The van der Waals surface area contributed by atoms with Gasteiger partial charge in [-0.25, -0.2) is 4.99 Å². The average Bonchev–Trinajstić information content (AvgIpc) is 2.89. The first-order chi connectivity index (χ1) is 10.6. The molecule has 5 nitrogen and oxygen atoms in total. The maximum atomic E-state index is 11.8. The third kappa shape index (κ3) is 6.21. The molecule has 1 aromatic carbocycles. The molecule has 23 heavy (non-hydrogen) atoms. The number of likely N-dealkylation sites (tertiary alicyclic amines) is 1. The Kier molecular flexibility index (Phi) is 8.08. The predicted octanol–water partition coefficient (Wildman–Crippen LogP) is 2.41. The lowest BCUT2D eigenvalue weighted by molar-refractivity contribution is -0.128. The lowest BCUT2D eigenvalue weighted by Crippen LogP contribution is -2.32. The van der Waals surface area contributed by atoms with Gasteiger partial charge in [0.1, 0.15) is 0 Å². The molecule has 1 saturated heterocycles. The fourth-order valence-corrected chi connectivity index (χ4v) is 2.41. The summed E-state index contributed by atoms with van der Waals surface area (Å²) >= 11 is 0. The molecule has 6 heteroatoms. The van der Waals surface area contributed by atoms with E-state index in [9.17, 15) is 4.79 Å². The van der Waals surface area contributed by atoms with Crippen LogP contribution in [-0.2, 0) is 17.9 Å². The average molecular weight is 428 g/mol. The second-order valence-corrected chi connectivity index (χ2v) is 5.70. The van der Waals surface area contributed by atoms with Gasteiger partial charge in [-0.05, 0) is 24.5 Å². The van der Waals surface area contributed by atoms with E-state index >= 15 is 0 Å². The molecule has 0 bridgehead atoms. The fourth-order valence-electron chi connectivity index (χ4n) is 2.41. The van der Waals surface area contributed by atoms with Crippen LogP contribution >= 0.6 is 24.0 Å². The Labute approximate surface area is 155 Å². The van der Waals surface area contributed by atoms with Crippen molar-refractivity contribution in [3.63, 3.8) is 0 Å². The van der Waals surface area contributed by atoms with Gasteiger partial charge in [-0.3, -0.25) is 4.79 Å². The molecule has 2 rings (SSSR count). The van der Waals surface area contributed by atoms with E-state index < -0.39 is 0 Å². The fraction of sp³-hybridized carbons (Fsp3) is 0.412. The van der Waals surface area contributed by atoms with E-state index in [0.717, 1.165) is 29.7 Å². The van der Waals surface area contributed by atoms with Crippen LogP contribution in [0.2, 0.25) is 0 Å². The Morgan fingerprint density at radius 1 is 1.39 bits per heavy atom. The predicted molar refractivity (Wildman–Crippen MR) is 105 cm³/mol. The Balaban J connectivity index is 0.00000264. The summed E-state index contributed by atoms with van der Waals surface area (Å²) in [5.74, 6) is 0.649. The van der Waals surface area contributed by atoms with E-state index in [4.69, 9.17) is 5.73 Å². The first-order valence-corrected chi connectivity index (χ1v) is 7.59. The largest absolute Gasteiger partial charge is 0.370 e. The van der Waals surface area contributed by atoms with Crippen molar-refractivity contribution in [3.8, 4) is 0 Å². The maximum Gasteiger partial charge on any atom is 0.222 e. The molecule has 0 atom stereocenters. The Morgan fingerprint density at radius 3 is 2.70 bits per heavy atom. The summed E-state index contributed by atoms with van der Waals surface area (Å²) in [5.41, 5.74) is 9.08. The highest BCUT2D eigenvalue weighted by molar-refractivity contribution is 14.0. The topological polar surface area (TPSA) is 70.7 Å². The number of nitrogens with zero attached hydrogens (tertiary/aromatic N) is 2. The third-order valence-electron chi connectivity index (χ3n) is 3.64. The Bertz CT molecular complexity index is 586. The first-order valence-electron chi connectivity index (χ1n) is 7.59. The summed E-state index contributed by atoms with van der Waals surface area (Å²) in [4.78, 5) is 18.0. The number of carbonyl (C=O) groups excluding carboxylic acids is 1. The summed E-state index contributed by atoms with van der Waals surface area (Å²) in [6.07, 6.45) is 1.62. The molecule has 0 unspecified atom stereocenters. The Morgan fingerprint density at radius 2 is 2.09 bits per heavy atom. The van der Waals surface area contributed by atoms with Crippen molar-refractivity contribution in [1.82, 2.24) is 10.2 Å². The van der Waals surface area contributed by atoms with E-state index in [1.807, 2.05) is 36.1 Å². The van der Waals surface area contributed by atoms with Gasteiger partial charge in [0.15, 0.2) is 5.96 Å². The van der Waals surface area contributed by atoms with E-state index in [-0.39, 0.29) is 29.9 Å². The summed E-state index contributed by atoms with van der Waals surface area (Å²) in [5, 5.41) is 3.02. The first kappa shape index (κ1) is 19.5. The quantitative estimate of drug-likeness (QED) is 0.317. The molecular formula is C17H25IN4O. The zero-order valence-corrected chi connectivity index (χ0v) is 15.9. The molecule has 3 N–H and O–H groups in total. The van der Waals surface area contributed by atoms with Crippen molar-refractivity contribution in [1.29, 1.82) is 0 Å². The maximum absolute atomic E-state index is 11.8. The summed E-state index contributed by atoms with van der Waals surface area (Å²) in [7, 11) is 0. The van der Waals surface area contributed by atoms with Crippen molar-refractivity contribution in [2.75, 3.05) is 13.1 Å². The second kappa shape index (κ2) is 9.54. The molecule has 1 heterocycles. The van der Waals surface area contributed by atoms with Gasteiger partial charge < -0.3 is 16.0 Å². The normalized spacial score (nSPS) is 14.6. The smallest absolute Gasteiger partial charge is 0.222 e. The van der Waals surface area contributed by atoms with Crippen molar-refractivity contribution in [3.05, 3.63) is 47.5 Å². The van der Waals surface area contributed by atoms with Crippen LogP contribution in [0.1, 0.15) is 30.9 Å². The van der Waals surface area contributed by atoms with Crippen LogP contribution in [0.15, 0.2) is 41.4 Å². The summed E-state index contributed by atoms with van der Waals surface area (Å²) in [6.45, 7) is 8.38. The van der Waals surface area contributed by atoms with E-state index in [2.05, 4.69) is 16.9 Å². The van der Waals surface area contributed by atoms with Crippen molar-refractivity contribution in [2.24, 2.45) is 10.7 Å². The molecule has 1 aromatic rings. The van der Waals surface area contributed by atoms with Crippen molar-refractivity contribution < 1.29 is 4.79 Å². The molecule has 0 spiro atoms. The molecule has 0 saturated carbocycles. The molecule has 126 valence electrons. The summed E-state index contributed by atoms with van der Waals surface area (Å²) < 4.78 is 0. The monoisotopic (exact) mass is 428 g/mol. The lowest BCUT2D eigenvalue weighted by Gasteiger charge is -2.17. The van der Waals surface area contributed by atoms with Crippen LogP contribution in [0.3, 0.4) is 0 Å². The standard InChI is InChI=1S/C17H24N4O.HI/c1-13(2)10-19-17(18)20-11-14-6-3-4-7-15(14)12-21-9-5-8-16(21)22;/h3-4,6-7H,1,5,8-12H2,2H3,(H3,18,19,20);1H. The molecular weight excluding hydrogens is 403 g/mol. The number of carbonyl (C=O) groups is 1. The summed E-state index contributed by atoms with van der Waals surface area (Å²) in [6, 6.07) is 8.06. The van der Waals surface area contributed by atoms with Crippen LogP contribution in [0.5, 0.6) is 0 Å². The van der Waals surface area contributed by atoms with Crippen LogP contribution < -0.4 is 11.1 Å². The highest BCUT2D eigenvalue weighted by Gasteiger charge is 2.20. The molecule has 0 radical (unpaired) electrons. The van der Waals surface area contributed by atoms with E-state index in [0.29, 0.717) is 32.0 Å². The number of nitrogens with two attached hydrogens (primary N) is 1. The van der Waals surface area contributed by atoms with Crippen LogP contribution in [0.4, 0.5) is 0 Å². The van der Waals surface area contributed by atoms with E-state index in [1.54, 1.807) is 0 Å². The van der Waals surface area contributed by atoms with Gasteiger partial charge >= 0.3 is 0 Å². The number of amides is 1. The minimum absolute atomic E-state index is 0. The molecule has 0 aromatic heterocycles. The number of hydrogen-bond donors (Lipinski definition) is 2. The SMILES string of the molecule is C=C(C)CNC(N)=NCc1ccccc1CN1CCCC1=O.I. The molecule has 1 amide bonds. The van der Waals surface area contributed by atoms with Gasteiger partial charge in [-0.15, -0.1) is 24.0 Å². The zero-order chi connectivity index (χ0) is 15.9. The molecule has 1 aliphatic rings. The molecule has 1 aliphatic heterocycles. The van der Waals surface area contributed by atoms with Crippen molar-refractivity contribution >= 4 is 35.8 Å². The number of rotatable bonds is 6. The van der Waals surface area contributed by atoms with Crippen LogP contribution in [0, 0.1) is 0 Å². The minimum Gasteiger partial charge on any atom is -0.370 e. The van der Waals surface area contributed by atoms with Gasteiger partial charge in [-0.1, -0.05) is 36.4 Å². The van der Waals surface area contributed by atoms with Gasteiger partial charge in [0.2, 0.25) is 5.91 Å². The third-order valence-corrected chi connectivity index (χ3v) is 3.64. The van der Waals surface area contributed by atoms with Gasteiger partial charge in [0, 0.05) is 26.1 Å². The second-order valence-electron chi connectivity index (χ2n) is 5.70. The van der Waals surface area contributed by atoms with Crippen LogP contribution in [0.25, 0.3) is 0 Å².